The number of halogens is 1. The van der Waals surface area contributed by atoms with Crippen molar-refractivity contribution in [1.29, 1.82) is 0 Å². The van der Waals surface area contributed by atoms with Crippen molar-refractivity contribution in [2.75, 3.05) is 10.8 Å². The van der Waals surface area contributed by atoms with Gasteiger partial charge in [-0.05, 0) is 19.1 Å². The van der Waals surface area contributed by atoms with Gasteiger partial charge in [-0.3, -0.25) is 4.79 Å². The Morgan fingerprint density at radius 1 is 1.55 bits per heavy atom. The highest BCUT2D eigenvalue weighted by molar-refractivity contribution is 7.92. The summed E-state index contributed by atoms with van der Waals surface area (Å²) in [6, 6.07) is 2.15. The summed E-state index contributed by atoms with van der Waals surface area (Å²) in [5.41, 5.74) is 4.83. The molecule has 0 bridgehead atoms. The summed E-state index contributed by atoms with van der Waals surface area (Å²) >= 11 is 0. The van der Waals surface area contributed by atoms with Crippen LogP contribution in [0.5, 0.6) is 5.75 Å². The Balaban J connectivity index is 2.48. The lowest BCUT2D eigenvalue weighted by Gasteiger charge is -2.17. The molecular formula is C13H14FN3O4S. The number of anilines is 1. The molecule has 1 aliphatic rings. The lowest BCUT2D eigenvalue weighted by atomic mass is 10.1. The molecule has 0 unspecified atom stereocenters. The largest absolute Gasteiger partial charge is 0.506 e. The lowest BCUT2D eigenvalue weighted by molar-refractivity contribution is -0.117. The van der Waals surface area contributed by atoms with E-state index in [-0.39, 0.29) is 11.6 Å². The average molecular weight is 327 g/mol. The molecular weight excluding hydrogens is 313 g/mol. The number of phenols is 1. The van der Waals surface area contributed by atoms with E-state index in [0.29, 0.717) is 10.7 Å². The highest BCUT2D eigenvalue weighted by atomic mass is 32.2. The fraction of sp³-hybridized carbons (Fsp3) is 0.308. The van der Waals surface area contributed by atoms with Crippen LogP contribution in [0.2, 0.25) is 0 Å². The van der Waals surface area contributed by atoms with Crippen molar-refractivity contribution in [3.8, 4) is 17.6 Å². The molecule has 1 aliphatic heterocycles. The number of nitrogens with one attached hydrogen (secondary N) is 1. The summed E-state index contributed by atoms with van der Waals surface area (Å²) in [6.45, 7) is 1.13. The SMILES string of the molecule is C[C@H](N)CC#Cc1ccc(O)c(N2CC(=O)NS2(=O)=O)c1F. The van der Waals surface area contributed by atoms with Gasteiger partial charge in [-0.2, -0.15) is 8.42 Å². The summed E-state index contributed by atoms with van der Waals surface area (Å²) in [5.74, 6) is 2.76. The minimum absolute atomic E-state index is 0.0944. The molecule has 118 valence electrons. The molecule has 1 saturated heterocycles. The molecule has 1 atom stereocenters. The van der Waals surface area contributed by atoms with Crippen molar-refractivity contribution in [2.45, 2.75) is 19.4 Å². The quantitative estimate of drug-likeness (QED) is 0.651. The minimum atomic E-state index is -4.22. The summed E-state index contributed by atoms with van der Waals surface area (Å²) in [6.07, 6.45) is 0.331. The number of nitrogens with zero attached hydrogens (tertiary/aromatic N) is 1. The van der Waals surface area contributed by atoms with Gasteiger partial charge in [-0.15, -0.1) is 0 Å². The molecule has 0 radical (unpaired) electrons. The van der Waals surface area contributed by atoms with E-state index in [4.69, 9.17) is 5.73 Å². The summed E-state index contributed by atoms with van der Waals surface area (Å²) < 4.78 is 40.1. The highest BCUT2D eigenvalue weighted by Gasteiger charge is 2.37. The van der Waals surface area contributed by atoms with Gasteiger partial charge in [0.2, 0.25) is 0 Å². The van der Waals surface area contributed by atoms with E-state index in [0.717, 1.165) is 6.07 Å². The van der Waals surface area contributed by atoms with Gasteiger partial charge < -0.3 is 10.8 Å². The zero-order valence-corrected chi connectivity index (χ0v) is 12.4. The van der Waals surface area contributed by atoms with Crippen molar-refractivity contribution in [1.82, 2.24) is 4.72 Å². The average Bonchev–Trinajstić information content (AvgIpc) is 2.65. The Morgan fingerprint density at radius 3 is 2.77 bits per heavy atom. The van der Waals surface area contributed by atoms with Crippen LogP contribution in [0, 0.1) is 17.7 Å². The Morgan fingerprint density at radius 2 is 2.23 bits per heavy atom. The van der Waals surface area contributed by atoms with Gasteiger partial charge in [0.05, 0.1) is 5.56 Å². The second-order valence-electron chi connectivity index (χ2n) is 4.81. The fourth-order valence-corrected chi connectivity index (χ4v) is 3.00. The third kappa shape index (κ3) is 3.13. The lowest BCUT2D eigenvalue weighted by Crippen LogP contribution is -2.30. The third-order valence-electron chi connectivity index (χ3n) is 2.81. The van der Waals surface area contributed by atoms with Crippen molar-refractivity contribution in [3.63, 3.8) is 0 Å². The minimum Gasteiger partial charge on any atom is -0.506 e. The number of carbonyl (C=O) groups is 1. The molecule has 2 rings (SSSR count). The van der Waals surface area contributed by atoms with Gasteiger partial charge >= 0.3 is 10.2 Å². The van der Waals surface area contributed by atoms with Crippen LogP contribution in [0.4, 0.5) is 10.1 Å². The molecule has 0 aliphatic carbocycles. The molecule has 7 nitrogen and oxygen atoms in total. The molecule has 1 aromatic rings. The van der Waals surface area contributed by atoms with E-state index in [9.17, 15) is 22.7 Å². The number of hydrogen-bond donors (Lipinski definition) is 3. The van der Waals surface area contributed by atoms with Crippen LogP contribution in [0.1, 0.15) is 18.9 Å². The fourth-order valence-electron chi connectivity index (χ4n) is 1.84. The van der Waals surface area contributed by atoms with E-state index in [1.165, 1.54) is 6.07 Å². The molecule has 0 spiro atoms. The predicted octanol–water partition coefficient (Wildman–Crippen LogP) is -0.199. The van der Waals surface area contributed by atoms with E-state index in [1.807, 2.05) is 0 Å². The van der Waals surface area contributed by atoms with Gasteiger partial charge in [0, 0.05) is 12.5 Å². The maximum atomic E-state index is 14.4. The first kappa shape index (κ1) is 16.1. The van der Waals surface area contributed by atoms with E-state index in [2.05, 4.69) is 11.8 Å². The van der Waals surface area contributed by atoms with Crippen LogP contribution in [0.15, 0.2) is 12.1 Å². The van der Waals surface area contributed by atoms with E-state index < -0.39 is 39.9 Å². The summed E-state index contributed by atoms with van der Waals surface area (Å²) in [4.78, 5) is 11.2. The molecule has 1 aromatic carbocycles. The van der Waals surface area contributed by atoms with Gasteiger partial charge in [0.1, 0.15) is 18.0 Å². The van der Waals surface area contributed by atoms with Crippen LogP contribution in [-0.4, -0.2) is 32.0 Å². The molecule has 1 fully saturated rings. The smallest absolute Gasteiger partial charge is 0.326 e. The monoisotopic (exact) mass is 327 g/mol. The number of aromatic hydroxyl groups is 1. The van der Waals surface area contributed by atoms with Crippen molar-refractivity contribution in [3.05, 3.63) is 23.5 Å². The van der Waals surface area contributed by atoms with Crippen LogP contribution in [0.25, 0.3) is 0 Å². The molecule has 9 heteroatoms. The second kappa shape index (κ2) is 5.82. The zero-order chi connectivity index (χ0) is 16.5. The second-order valence-corrected chi connectivity index (χ2v) is 6.41. The molecule has 1 heterocycles. The van der Waals surface area contributed by atoms with Crippen molar-refractivity contribution < 1.29 is 22.7 Å². The number of amides is 1. The van der Waals surface area contributed by atoms with Gasteiger partial charge in [-0.1, -0.05) is 11.8 Å². The van der Waals surface area contributed by atoms with Crippen LogP contribution >= 0.6 is 0 Å². The van der Waals surface area contributed by atoms with E-state index >= 15 is 0 Å². The Kier molecular flexibility index (Phi) is 4.25. The van der Waals surface area contributed by atoms with Gasteiger partial charge in [-0.25, -0.2) is 13.4 Å². The molecule has 22 heavy (non-hydrogen) atoms. The van der Waals surface area contributed by atoms with Gasteiger partial charge in [0.25, 0.3) is 5.91 Å². The maximum Gasteiger partial charge on any atom is 0.326 e. The predicted molar refractivity (Wildman–Crippen MR) is 77.6 cm³/mol. The number of nitrogens with two attached hydrogens (primary N) is 1. The molecule has 1 amide bonds. The molecule has 0 saturated carbocycles. The van der Waals surface area contributed by atoms with Crippen molar-refractivity contribution >= 4 is 21.8 Å². The third-order valence-corrected chi connectivity index (χ3v) is 4.19. The Labute approximate surface area is 127 Å². The summed E-state index contributed by atoms with van der Waals surface area (Å²) in [7, 11) is -4.22. The topological polar surface area (TPSA) is 113 Å². The number of carbonyl (C=O) groups excluding carboxylic acids is 1. The van der Waals surface area contributed by atoms with Crippen LogP contribution in [-0.2, 0) is 15.0 Å². The number of hydrogen-bond acceptors (Lipinski definition) is 5. The maximum absolute atomic E-state index is 14.4. The summed E-state index contributed by atoms with van der Waals surface area (Å²) in [5, 5.41) is 9.75. The number of phenolic OH excluding ortho intramolecular Hbond substituents is 1. The normalized spacial score (nSPS) is 17.6. The van der Waals surface area contributed by atoms with Crippen molar-refractivity contribution in [2.24, 2.45) is 5.73 Å². The Hall–Kier alpha value is -2.31. The van der Waals surface area contributed by atoms with Crippen LogP contribution < -0.4 is 14.8 Å². The zero-order valence-electron chi connectivity index (χ0n) is 11.6. The first-order valence-corrected chi connectivity index (χ1v) is 7.75. The van der Waals surface area contributed by atoms with Gasteiger partial charge in [0.15, 0.2) is 5.82 Å². The Bertz CT molecular complexity index is 780. The standard InChI is InChI=1S/C13H14FN3O4S/c1-8(15)3-2-4-9-5-6-10(18)13(12(9)14)17-7-11(19)16-22(17,20)21/h5-6,8,18H,3,7,15H2,1H3,(H,16,19)/t8-/m0/s1. The van der Waals surface area contributed by atoms with E-state index in [1.54, 1.807) is 11.6 Å². The first-order chi connectivity index (χ1) is 10.2. The molecule has 0 aromatic heterocycles. The highest BCUT2D eigenvalue weighted by Crippen LogP contribution is 2.34. The number of benzene rings is 1. The molecule has 4 N–H and O–H groups in total. The number of rotatable bonds is 2. The first-order valence-electron chi connectivity index (χ1n) is 6.31. The van der Waals surface area contributed by atoms with Crippen LogP contribution in [0.3, 0.4) is 0 Å².